The Morgan fingerprint density at radius 1 is 1.15 bits per heavy atom. The Kier molecular flexibility index (Phi) is 7.24. The topological polar surface area (TPSA) is 97.4 Å². The number of nitrogens with two attached hydrogens (primary N) is 1. The predicted molar refractivity (Wildman–Crippen MR) is 102 cm³/mol. The molecule has 1 aromatic heterocycles. The SMILES string of the molecule is Cl.N[C@@H]1CCC[C@H]1CC(=O)NCc1ccc(NC(=O)c2ccco2)cc1. The molecule has 1 aromatic carbocycles. The first-order valence-electron chi connectivity index (χ1n) is 8.58. The van der Waals surface area contributed by atoms with Gasteiger partial charge < -0.3 is 20.8 Å². The zero-order valence-electron chi connectivity index (χ0n) is 14.4. The highest BCUT2D eigenvalue weighted by Crippen LogP contribution is 2.26. The van der Waals surface area contributed by atoms with Crippen molar-refractivity contribution in [2.45, 2.75) is 38.3 Å². The molecule has 3 rings (SSSR count). The van der Waals surface area contributed by atoms with E-state index in [1.54, 1.807) is 24.3 Å². The van der Waals surface area contributed by atoms with Crippen LogP contribution in [0.5, 0.6) is 0 Å². The molecule has 1 heterocycles. The number of hydrogen-bond donors (Lipinski definition) is 3. The molecule has 1 aliphatic rings. The normalized spacial score (nSPS) is 18.8. The molecule has 2 atom stereocenters. The zero-order chi connectivity index (χ0) is 17.6. The molecule has 1 aliphatic carbocycles. The van der Waals surface area contributed by atoms with Gasteiger partial charge in [-0.05, 0) is 48.6 Å². The quantitative estimate of drug-likeness (QED) is 0.720. The van der Waals surface area contributed by atoms with Crippen molar-refractivity contribution >= 4 is 29.9 Å². The summed E-state index contributed by atoms with van der Waals surface area (Å²) in [4.78, 5) is 23.9. The van der Waals surface area contributed by atoms with Crippen molar-refractivity contribution in [1.82, 2.24) is 5.32 Å². The molecular formula is C19H24ClN3O3. The summed E-state index contributed by atoms with van der Waals surface area (Å²) in [5, 5.41) is 5.69. The number of rotatable bonds is 6. The summed E-state index contributed by atoms with van der Waals surface area (Å²) in [6, 6.07) is 10.8. The number of halogens is 1. The molecule has 0 spiro atoms. The minimum atomic E-state index is -0.293. The van der Waals surface area contributed by atoms with Crippen LogP contribution in [-0.4, -0.2) is 17.9 Å². The molecule has 4 N–H and O–H groups in total. The van der Waals surface area contributed by atoms with E-state index in [0.717, 1.165) is 24.8 Å². The fourth-order valence-corrected chi connectivity index (χ4v) is 3.14. The Morgan fingerprint density at radius 3 is 2.54 bits per heavy atom. The van der Waals surface area contributed by atoms with Crippen LogP contribution in [0.15, 0.2) is 47.1 Å². The molecule has 2 amide bonds. The number of carbonyl (C=O) groups is 2. The van der Waals surface area contributed by atoms with Gasteiger partial charge in [0.25, 0.3) is 5.91 Å². The average molecular weight is 378 g/mol. The van der Waals surface area contributed by atoms with Crippen molar-refractivity contribution in [2.24, 2.45) is 11.7 Å². The lowest BCUT2D eigenvalue weighted by Crippen LogP contribution is -2.31. The molecule has 140 valence electrons. The lowest BCUT2D eigenvalue weighted by Gasteiger charge is -2.14. The van der Waals surface area contributed by atoms with Crippen LogP contribution in [0.2, 0.25) is 0 Å². The van der Waals surface area contributed by atoms with Crippen molar-refractivity contribution in [3.05, 3.63) is 54.0 Å². The molecule has 0 bridgehead atoms. The third-order valence-electron chi connectivity index (χ3n) is 4.61. The van der Waals surface area contributed by atoms with Crippen LogP contribution < -0.4 is 16.4 Å². The molecule has 0 radical (unpaired) electrons. The smallest absolute Gasteiger partial charge is 0.291 e. The van der Waals surface area contributed by atoms with Gasteiger partial charge in [-0.3, -0.25) is 9.59 Å². The zero-order valence-corrected chi connectivity index (χ0v) is 15.3. The molecule has 2 aromatic rings. The van der Waals surface area contributed by atoms with E-state index in [0.29, 0.717) is 24.6 Å². The molecular weight excluding hydrogens is 354 g/mol. The Hall–Kier alpha value is -2.31. The third-order valence-corrected chi connectivity index (χ3v) is 4.61. The number of anilines is 1. The number of carbonyl (C=O) groups excluding carboxylic acids is 2. The maximum absolute atomic E-state index is 12.0. The monoisotopic (exact) mass is 377 g/mol. The number of benzene rings is 1. The van der Waals surface area contributed by atoms with Gasteiger partial charge >= 0.3 is 0 Å². The second-order valence-electron chi connectivity index (χ2n) is 6.46. The molecule has 0 saturated heterocycles. The molecule has 0 aliphatic heterocycles. The van der Waals surface area contributed by atoms with Crippen molar-refractivity contribution in [1.29, 1.82) is 0 Å². The van der Waals surface area contributed by atoms with E-state index >= 15 is 0 Å². The van der Waals surface area contributed by atoms with Gasteiger partial charge in [-0.2, -0.15) is 0 Å². The van der Waals surface area contributed by atoms with Crippen LogP contribution in [0.1, 0.15) is 41.8 Å². The van der Waals surface area contributed by atoms with Gasteiger partial charge in [0, 0.05) is 24.7 Å². The van der Waals surface area contributed by atoms with Crippen molar-refractivity contribution in [3.8, 4) is 0 Å². The average Bonchev–Trinajstić information content (AvgIpc) is 3.27. The first-order valence-corrected chi connectivity index (χ1v) is 8.58. The molecule has 1 saturated carbocycles. The molecule has 6 nitrogen and oxygen atoms in total. The van der Waals surface area contributed by atoms with Gasteiger partial charge in [-0.15, -0.1) is 12.4 Å². The second-order valence-corrected chi connectivity index (χ2v) is 6.46. The third kappa shape index (κ3) is 5.34. The number of furan rings is 1. The van der Waals surface area contributed by atoms with Crippen LogP contribution in [0.25, 0.3) is 0 Å². The Balaban J connectivity index is 0.00000243. The Morgan fingerprint density at radius 2 is 1.92 bits per heavy atom. The van der Waals surface area contributed by atoms with E-state index in [9.17, 15) is 9.59 Å². The summed E-state index contributed by atoms with van der Waals surface area (Å²) < 4.78 is 5.05. The van der Waals surface area contributed by atoms with Crippen molar-refractivity contribution < 1.29 is 14.0 Å². The largest absolute Gasteiger partial charge is 0.459 e. The van der Waals surface area contributed by atoms with E-state index in [-0.39, 0.29) is 36.0 Å². The summed E-state index contributed by atoms with van der Waals surface area (Å²) in [7, 11) is 0. The maximum Gasteiger partial charge on any atom is 0.291 e. The van der Waals surface area contributed by atoms with E-state index in [4.69, 9.17) is 10.2 Å². The highest BCUT2D eigenvalue weighted by Gasteiger charge is 2.25. The summed E-state index contributed by atoms with van der Waals surface area (Å²) >= 11 is 0. The van der Waals surface area contributed by atoms with E-state index in [2.05, 4.69) is 10.6 Å². The highest BCUT2D eigenvalue weighted by molar-refractivity contribution is 6.02. The van der Waals surface area contributed by atoms with Gasteiger partial charge in [0.05, 0.1) is 6.26 Å². The Labute approximate surface area is 158 Å². The summed E-state index contributed by atoms with van der Waals surface area (Å²) in [6.45, 7) is 0.465. The van der Waals surface area contributed by atoms with Crippen LogP contribution >= 0.6 is 12.4 Å². The van der Waals surface area contributed by atoms with Gasteiger partial charge in [-0.25, -0.2) is 0 Å². The molecule has 0 unspecified atom stereocenters. The molecule has 1 fully saturated rings. The minimum absolute atomic E-state index is 0. The number of nitrogens with one attached hydrogen (secondary N) is 2. The van der Waals surface area contributed by atoms with Gasteiger partial charge in [0.15, 0.2) is 5.76 Å². The summed E-state index contributed by atoms with van der Waals surface area (Å²) in [5.74, 6) is 0.317. The van der Waals surface area contributed by atoms with Gasteiger partial charge in [0.2, 0.25) is 5.91 Å². The lowest BCUT2D eigenvalue weighted by atomic mass is 10.00. The van der Waals surface area contributed by atoms with Crippen LogP contribution in [0.4, 0.5) is 5.69 Å². The summed E-state index contributed by atoms with van der Waals surface area (Å²) in [6.07, 6.45) is 5.13. The lowest BCUT2D eigenvalue weighted by molar-refractivity contribution is -0.122. The number of amides is 2. The van der Waals surface area contributed by atoms with Crippen molar-refractivity contribution in [3.63, 3.8) is 0 Å². The fourth-order valence-electron chi connectivity index (χ4n) is 3.14. The van der Waals surface area contributed by atoms with Crippen LogP contribution in [0, 0.1) is 5.92 Å². The van der Waals surface area contributed by atoms with Gasteiger partial charge in [0.1, 0.15) is 0 Å². The minimum Gasteiger partial charge on any atom is -0.459 e. The molecule has 7 heteroatoms. The van der Waals surface area contributed by atoms with Crippen LogP contribution in [0.3, 0.4) is 0 Å². The molecule has 26 heavy (non-hydrogen) atoms. The maximum atomic E-state index is 12.0. The highest BCUT2D eigenvalue weighted by atomic mass is 35.5. The second kappa shape index (κ2) is 9.40. The first kappa shape index (κ1) is 20.0. The summed E-state index contributed by atoms with van der Waals surface area (Å²) in [5.41, 5.74) is 7.65. The fraction of sp³-hybridized carbons (Fsp3) is 0.368. The van der Waals surface area contributed by atoms with Gasteiger partial charge in [-0.1, -0.05) is 18.6 Å². The van der Waals surface area contributed by atoms with E-state index in [1.165, 1.54) is 6.26 Å². The predicted octanol–water partition coefficient (Wildman–Crippen LogP) is 3.09. The standard InChI is InChI=1S/C19H23N3O3.ClH/c20-16-4-1-3-14(16)11-18(23)21-12-13-6-8-15(9-7-13)22-19(24)17-5-2-10-25-17;/h2,5-10,14,16H,1,3-4,11-12,20H2,(H,21,23)(H,22,24);1H/t14-,16+;/m0./s1. The van der Waals surface area contributed by atoms with Crippen LogP contribution in [-0.2, 0) is 11.3 Å². The first-order chi connectivity index (χ1) is 12.1. The number of hydrogen-bond acceptors (Lipinski definition) is 4. The van der Waals surface area contributed by atoms with Crippen molar-refractivity contribution in [2.75, 3.05) is 5.32 Å². The van der Waals surface area contributed by atoms with E-state index < -0.39 is 0 Å². The Bertz CT molecular complexity index is 716. The van der Waals surface area contributed by atoms with E-state index in [1.807, 2.05) is 12.1 Å².